The minimum absolute atomic E-state index is 0.00614. The lowest BCUT2D eigenvalue weighted by atomic mass is 9.45. The summed E-state index contributed by atoms with van der Waals surface area (Å²) in [6.07, 6.45) is 6.17. The topological polar surface area (TPSA) is 111 Å². The molecule has 7 atom stereocenters. The standard InChI is InChI=1S/C31H38F2N2O5S/c1-29-13-18(15-34)24(35-21-7-5-20(33)6-8-21)12-19(29)4-9-22-23-10-11-31(28(38)41-17-32,40-26(37)16-39-3)30(23,2)14-25(36)27(22)29/h5-8,12,15,22-23,25,27,36H,4,9-11,13-14,16-17,34H2,1-3H3/t22-,23?,25?,27?,29-,30-,31-/m0/s1. The molecule has 0 aromatic heterocycles. The van der Waals surface area contributed by atoms with Crippen LogP contribution in [-0.4, -0.2) is 53.3 Å². The normalized spacial score (nSPS) is 38.1. The van der Waals surface area contributed by atoms with Gasteiger partial charge in [0.05, 0.1) is 17.5 Å². The summed E-state index contributed by atoms with van der Waals surface area (Å²) < 4.78 is 37.7. The van der Waals surface area contributed by atoms with E-state index in [1.165, 1.54) is 24.8 Å². The van der Waals surface area contributed by atoms with E-state index in [1.807, 2.05) is 6.92 Å². The van der Waals surface area contributed by atoms with Gasteiger partial charge >= 0.3 is 5.97 Å². The summed E-state index contributed by atoms with van der Waals surface area (Å²) in [5.41, 5.74) is 6.73. The molecule has 0 saturated heterocycles. The molecule has 0 bridgehead atoms. The lowest BCUT2D eigenvalue weighted by Crippen LogP contribution is -2.62. The maximum Gasteiger partial charge on any atom is 0.333 e. The second-order valence-corrected chi connectivity index (χ2v) is 13.1. The molecule has 3 N–H and O–H groups in total. The number of halogens is 2. The summed E-state index contributed by atoms with van der Waals surface area (Å²) in [6, 6.07) is 5.08. The molecule has 4 aliphatic carbocycles. The molecule has 10 heteroatoms. The second kappa shape index (κ2) is 11.3. The third-order valence-electron chi connectivity index (χ3n) is 10.3. The largest absolute Gasteiger partial charge is 0.448 e. The van der Waals surface area contributed by atoms with Crippen LogP contribution in [0.2, 0.25) is 0 Å². The highest BCUT2D eigenvalue weighted by molar-refractivity contribution is 8.13. The molecule has 0 amide bonds. The van der Waals surface area contributed by atoms with Gasteiger partial charge < -0.3 is 20.3 Å². The van der Waals surface area contributed by atoms with E-state index in [2.05, 4.69) is 13.0 Å². The van der Waals surface area contributed by atoms with E-state index in [4.69, 9.17) is 20.2 Å². The Labute approximate surface area is 243 Å². The number of allylic oxidation sites excluding steroid dienone is 3. The summed E-state index contributed by atoms with van der Waals surface area (Å²) in [4.78, 5) is 30.9. The summed E-state index contributed by atoms with van der Waals surface area (Å²) in [6.45, 7) is 3.78. The number of nitrogens with two attached hydrogens (primary N) is 1. The minimum Gasteiger partial charge on any atom is -0.448 e. The number of rotatable bonds is 6. The van der Waals surface area contributed by atoms with Crippen LogP contribution in [0.25, 0.3) is 0 Å². The van der Waals surface area contributed by atoms with Gasteiger partial charge in [0.1, 0.15) is 18.4 Å². The molecule has 3 fully saturated rings. The van der Waals surface area contributed by atoms with Gasteiger partial charge in [-0.25, -0.2) is 18.6 Å². The smallest absolute Gasteiger partial charge is 0.333 e. The van der Waals surface area contributed by atoms with Gasteiger partial charge in [-0.3, -0.25) is 4.79 Å². The van der Waals surface area contributed by atoms with Crippen molar-refractivity contribution in [3.63, 3.8) is 0 Å². The number of carbonyl (C=O) groups is 2. The van der Waals surface area contributed by atoms with E-state index in [-0.39, 0.29) is 43.0 Å². The van der Waals surface area contributed by atoms with Crippen LogP contribution in [0.15, 0.2) is 52.7 Å². The fourth-order valence-corrected chi connectivity index (χ4v) is 9.34. The fourth-order valence-electron chi connectivity index (χ4n) is 8.63. The SMILES string of the molecule is COCC(=O)O[C@]1(C(=O)SCF)CCC2[C@@H]3CCC4=CC(=Nc5ccc(F)cc5)C(=CN)C[C@]4(C)C3C(O)C[C@@]21C. The Balaban J connectivity index is 1.51. The van der Waals surface area contributed by atoms with Crippen molar-refractivity contribution in [1.82, 2.24) is 0 Å². The Bertz CT molecular complexity index is 1300. The molecule has 0 aliphatic heterocycles. The number of ether oxygens (including phenoxy) is 2. The van der Waals surface area contributed by atoms with Crippen LogP contribution in [0.3, 0.4) is 0 Å². The van der Waals surface area contributed by atoms with Crippen LogP contribution >= 0.6 is 11.8 Å². The van der Waals surface area contributed by atoms with Gasteiger partial charge in [-0.1, -0.05) is 19.4 Å². The molecule has 4 aliphatic rings. The molecule has 222 valence electrons. The number of carbonyl (C=O) groups excluding carboxylic acids is 2. The quantitative estimate of drug-likeness (QED) is 0.428. The molecule has 7 nitrogen and oxygen atoms in total. The number of hydrogen-bond acceptors (Lipinski definition) is 8. The van der Waals surface area contributed by atoms with E-state index in [0.29, 0.717) is 30.3 Å². The highest BCUT2D eigenvalue weighted by atomic mass is 32.2. The Morgan fingerprint density at radius 2 is 1.98 bits per heavy atom. The molecule has 1 aromatic carbocycles. The van der Waals surface area contributed by atoms with Crippen LogP contribution < -0.4 is 5.73 Å². The van der Waals surface area contributed by atoms with Crippen molar-refractivity contribution < 1.29 is 33.0 Å². The van der Waals surface area contributed by atoms with E-state index in [1.54, 1.807) is 18.3 Å². The number of aliphatic imine (C=N–C) groups is 1. The first kappa shape index (κ1) is 29.9. The van der Waals surface area contributed by atoms with E-state index < -0.39 is 39.6 Å². The Morgan fingerprint density at radius 1 is 1.24 bits per heavy atom. The van der Waals surface area contributed by atoms with E-state index >= 15 is 0 Å². The summed E-state index contributed by atoms with van der Waals surface area (Å²) in [5.74, 6) is -1.06. The number of methoxy groups -OCH3 is 1. The van der Waals surface area contributed by atoms with Crippen molar-refractivity contribution in [1.29, 1.82) is 0 Å². The predicted octanol–water partition coefficient (Wildman–Crippen LogP) is 5.40. The van der Waals surface area contributed by atoms with Gasteiger partial charge in [-0.15, -0.1) is 0 Å². The molecular weight excluding hydrogens is 550 g/mol. The van der Waals surface area contributed by atoms with Crippen LogP contribution in [-0.2, 0) is 19.1 Å². The Morgan fingerprint density at radius 3 is 2.63 bits per heavy atom. The van der Waals surface area contributed by atoms with Gasteiger partial charge in [0.25, 0.3) is 0 Å². The molecular formula is C31H38F2N2O5S. The predicted molar refractivity (Wildman–Crippen MR) is 154 cm³/mol. The fraction of sp³-hybridized carbons (Fsp3) is 0.581. The number of benzene rings is 1. The number of aliphatic hydroxyl groups is 1. The number of aliphatic hydroxyl groups excluding tert-OH is 1. The lowest BCUT2D eigenvalue weighted by molar-refractivity contribution is -0.198. The molecule has 0 spiro atoms. The molecule has 41 heavy (non-hydrogen) atoms. The van der Waals surface area contributed by atoms with Crippen LogP contribution in [0.4, 0.5) is 14.5 Å². The van der Waals surface area contributed by atoms with Gasteiger partial charge in [0.2, 0.25) is 5.12 Å². The summed E-state index contributed by atoms with van der Waals surface area (Å²) >= 11 is 0.525. The molecule has 5 rings (SSSR count). The van der Waals surface area contributed by atoms with E-state index in [9.17, 15) is 23.5 Å². The minimum atomic E-state index is -1.53. The second-order valence-electron chi connectivity index (χ2n) is 12.3. The first-order chi connectivity index (χ1) is 19.5. The third-order valence-corrected chi connectivity index (χ3v) is 11.0. The van der Waals surface area contributed by atoms with E-state index in [0.717, 1.165) is 24.1 Å². The monoisotopic (exact) mass is 588 g/mol. The summed E-state index contributed by atoms with van der Waals surface area (Å²) in [5, 5.41) is 11.4. The number of hydrogen-bond donors (Lipinski definition) is 2. The maximum absolute atomic E-state index is 13.5. The molecule has 0 radical (unpaired) electrons. The maximum atomic E-state index is 13.5. The summed E-state index contributed by atoms with van der Waals surface area (Å²) in [7, 11) is 1.37. The zero-order chi connectivity index (χ0) is 29.6. The van der Waals surface area contributed by atoms with Gasteiger partial charge in [0, 0.05) is 12.5 Å². The van der Waals surface area contributed by atoms with Gasteiger partial charge in [-0.2, -0.15) is 0 Å². The number of thioether (sulfide) groups is 1. The molecule has 0 heterocycles. The highest BCUT2D eigenvalue weighted by Gasteiger charge is 2.70. The first-order valence-electron chi connectivity index (χ1n) is 14.1. The average Bonchev–Trinajstić information content (AvgIpc) is 3.21. The average molecular weight is 589 g/mol. The first-order valence-corrected chi connectivity index (χ1v) is 15.1. The number of esters is 1. The zero-order valence-corrected chi connectivity index (χ0v) is 24.5. The van der Waals surface area contributed by atoms with Crippen molar-refractivity contribution in [3.05, 3.63) is 53.5 Å². The Hall–Kier alpha value is -2.56. The zero-order valence-electron chi connectivity index (χ0n) is 23.7. The van der Waals surface area contributed by atoms with Crippen molar-refractivity contribution in [2.45, 2.75) is 64.1 Å². The van der Waals surface area contributed by atoms with Crippen molar-refractivity contribution in [2.75, 3.05) is 19.7 Å². The van der Waals surface area contributed by atoms with Crippen LogP contribution in [0, 0.1) is 34.4 Å². The highest BCUT2D eigenvalue weighted by Crippen LogP contribution is 2.69. The van der Waals surface area contributed by atoms with Gasteiger partial charge in [-0.05, 0) is 116 Å². The molecule has 3 saturated carbocycles. The van der Waals surface area contributed by atoms with Crippen molar-refractivity contribution in [2.24, 2.45) is 39.3 Å². The van der Waals surface area contributed by atoms with Crippen molar-refractivity contribution in [3.8, 4) is 0 Å². The molecule has 1 aromatic rings. The van der Waals surface area contributed by atoms with Gasteiger partial charge in [0.15, 0.2) is 5.60 Å². The van der Waals surface area contributed by atoms with Crippen molar-refractivity contribution >= 4 is 34.2 Å². The van der Waals surface area contributed by atoms with Crippen LogP contribution in [0.1, 0.15) is 52.4 Å². The number of alkyl halides is 1. The lowest BCUT2D eigenvalue weighted by Gasteiger charge is -2.60. The Kier molecular flexibility index (Phi) is 8.22. The van der Waals surface area contributed by atoms with Crippen LogP contribution in [0.5, 0.6) is 0 Å². The number of fused-ring (bicyclic) bond motifs is 5. The number of nitrogens with zero attached hydrogens (tertiary/aromatic N) is 1. The molecule has 3 unspecified atom stereocenters. The third kappa shape index (κ3) is 4.85.